The van der Waals surface area contributed by atoms with Gasteiger partial charge in [-0.25, -0.2) is 10.1 Å². The summed E-state index contributed by atoms with van der Waals surface area (Å²) in [6.07, 6.45) is 0. The smallest absolute Gasteiger partial charge is 0.0674 e. The molecular weight excluding hydrogens is 540 g/mol. The van der Waals surface area contributed by atoms with Crippen LogP contribution in [0.4, 0.5) is 11.4 Å². The standard InChI is InChI=1S/C40H50N2O2/c1-37(2,3)29-17-23-33(35(25-29)27-13-19-31(20-14-27)41(43)39(7,8)9)34-24-18-30(38(4,5)6)26-36(34)28-15-21-32(22-16-28)42(44)40(10,11)12/h13-26H,1-12H3. The van der Waals surface area contributed by atoms with Crippen molar-refractivity contribution in [1.82, 2.24) is 0 Å². The second-order valence-corrected chi connectivity index (χ2v) is 16.0. The summed E-state index contributed by atoms with van der Waals surface area (Å²) >= 11 is 0. The highest BCUT2D eigenvalue weighted by Crippen LogP contribution is 2.43. The third-order valence-electron chi connectivity index (χ3n) is 8.11. The van der Waals surface area contributed by atoms with Crippen LogP contribution in [0.15, 0.2) is 84.9 Å². The van der Waals surface area contributed by atoms with E-state index in [2.05, 4.69) is 102 Å². The molecule has 2 radical (unpaired) electrons. The second kappa shape index (κ2) is 11.7. The molecule has 0 unspecified atom stereocenters. The van der Waals surface area contributed by atoms with Gasteiger partial charge in [0.25, 0.3) is 0 Å². The van der Waals surface area contributed by atoms with Crippen LogP contribution >= 0.6 is 0 Å². The molecule has 0 aliphatic rings. The number of hydrogen-bond acceptors (Lipinski definition) is 2. The molecule has 0 saturated heterocycles. The van der Waals surface area contributed by atoms with Crippen molar-refractivity contribution in [2.75, 3.05) is 10.1 Å². The number of rotatable bonds is 5. The van der Waals surface area contributed by atoms with Gasteiger partial charge in [-0.1, -0.05) is 113 Å². The SMILES string of the molecule is CC(C)(C)c1ccc(-c2ccc(C(C)(C)C)cc2-c2ccc(N([O])C(C)(C)C)cc2)c(-c2ccc(N([O])C(C)(C)C)cc2)c1. The summed E-state index contributed by atoms with van der Waals surface area (Å²) in [7, 11) is 0. The Balaban J connectivity index is 1.94. The van der Waals surface area contributed by atoms with Crippen LogP contribution in [0.5, 0.6) is 0 Å². The lowest BCUT2D eigenvalue weighted by atomic mass is 9.80. The van der Waals surface area contributed by atoms with Gasteiger partial charge in [0.05, 0.1) is 22.5 Å². The van der Waals surface area contributed by atoms with Crippen molar-refractivity contribution in [2.45, 2.75) is 105 Å². The molecule has 232 valence electrons. The van der Waals surface area contributed by atoms with Gasteiger partial charge in [0, 0.05) is 0 Å². The highest BCUT2D eigenvalue weighted by atomic mass is 16.5. The van der Waals surface area contributed by atoms with Crippen molar-refractivity contribution in [3.63, 3.8) is 0 Å². The zero-order chi connectivity index (χ0) is 32.8. The van der Waals surface area contributed by atoms with E-state index in [0.717, 1.165) is 43.5 Å². The Morgan fingerprint density at radius 3 is 0.932 bits per heavy atom. The molecule has 0 spiro atoms. The Hall–Kier alpha value is -3.60. The second-order valence-electron chi connectivity index (χ2n) is 16.0. The fourth-order valence-corrected chi connectivity index (χ4v) is 5.30. The molecule has 0 aromatic heterocycles. The van der Waals surface area contributed by atoms with Gasteiger partial charge in [-0.05, 0) is 121 Å². The van der Waals surface area contributed by atoms with Crippen molar-refractivity contribution in [1.29, 1.82) is 0 Å². The maximum atomic E-state index is 12.9. The lowest BCUT2D eigenvalue weighted by Crippen LogP contribution is -2.37. The minimum atomic E-state index is -0.520. The van der Waals surface area contributed by atoms with Crippen molar-refractivity contribution in [3.05, 3.63) is 96.1 Å². The molecule has 0 aliphatic carbocycles. The molecule has 4 rings (SSSR count). The van der Waals surface area contributed by atoms with Gasteiger partial charge in [-0.15, -0.1) is 0 Å². The van der Waals surface area contributed by atoms with Crippen LogP contribution in [0.1, 0.15) is 94.2 Å². The summed E-state index contributed by atoms with van der Waals surface area (Å²) < 4.78 is 0. The minimum Gasteiger partial charge on any atom is -0.215 e. The van der Waals surface area contributed by atoms with Crippen LogP contribution in [-0.4, -0.2) is 11.1 Å². The normalized spacial score (nSPS) is 12.8. The Bertz CT molecular complexity index is 1470. The molecule has 0 saturated carbocycles. The lowest BCUT2D eigenvalue weighted by Gasteiger charge is -2.29. The average molecular weight is 591 g/mol. The average Bonchev–Trinajstić information content (AvgIpc) is 2.94. The number of hydroxylamine groups is 2. The zero-order valence-corrected chi connectivity index (χ0v) is 28.8. The monoisotopic (exact) mass is 590 g/mol. The third kappa shape index (κ3) is 7.20. The molecule has 0 amide bonds. The molecule has 0 N–H and O–H groups in total. The van der Waals surface area contributed by atoms with Gasteiger partial charge < -0.3 is 0 Å². The first-order chi connectivity index (χ1) is 20.2. The van der Waals surface area contributed by atoms with Gasteiger partial charge in [-0.3, -0.25) is 0 Å². The van der Waals surface area contributed by atoms with Crippen LogP contribution < -0.4 is 10.1 Å². The van der Waals surface area contributed by atoms with E-state index in [0.29, 0.717) is 11.4 Å². The number of nitrogens with zero attached hydrogens (tertiary/aromatic N) is 2. The van der Waals surface area contributed by atoms with E-state index in [-0.39, 0.29) is 10.8 Å². The highest BCUT2D eigenvalue weighted by Gasteiger charge is 2.25. The predicted octanol–water partition coefficient (Wildman–Crippen LogP) is 11.2. The van der Waals surface area contributed by atoms with Crippen LogP contribution in [0.3, 0.4) is 0 Å². The molecule has 44 heavy (non-hydrogen) atoms. The summed E-state index contributed by atoms with van der Waals surface area (Å²) in [4.78, 5) is 0. The maximum absolute atomic E-state index is 12.9. The molecular formula is C40H50N2O2. The maximum Gasteiger partial charge on any atom is 0.0674 e. The van der Waals surface area contributed by atoms with E-state index >= 15 is 0 Å². The van der Waals surface area contributed by atoms with Gasteiger partial charge in [0.2, 0.25) is 0 Å². The van der Waals surface area contributed by atoms with Crippen molar-refractivity contribution in [2.24, 2.45) is 0 Å². The molecule has 4 heteroatoms. The predicted molar refractivity (Wildman–Crippen MR) is 186 cm³/mol. The Morgan fingerprint density at radius 2 is 0.682 bits per heavy atom. The molecule has 0 heterocycles. The first kappa shape index (κ1) is 33.3. The Kier molecular flexibility index (Phi) is 8.87. The fourth-order valence-electron chi connectivity index (χ4n) is 5.30. The Labute approximate surface area is 265 Å². The van der Waals surface area contributed by atoms with Crippen LogP contribution in [0, 0.1) is 0 Å². The van der Waals surface area contributed by atoms with Crippen molar-refractivity contribution in [3.8, 4) is 33.4 Å². The first-order valence-electron chi connectivity index (χ1n) is 15.6. The number of hydrogen-bond donors (Lipinski definition) is 0. The van der Waals surface area contributed by atoms with E-state index in [1.54, 1.807) is 0 Å². The summed E-state index contributed by atoms with van der Waals surface area (Å²) in [6.45, 7) is 24.9. The van der Waals surface area contributed by atoms with E-state index in [9.17, 15) is 10.4 Å². The van der Waals surface area contributed by atoms with Crippen molar-refractivity contribution >= 4 is 11.4 Å². The van der Waals surface area contributed by atoms with Gasteiger partial charge in [0.1, 0.15) is 0 Å². The van der Waals surface area contributed by atoms with Gasteiger partial charge in [-0.2, -0.15) is 0 Å². The first-order valence-corrected chi connectivity index (χ1v) is 15.6. The zero-order valence-electron chi connectivity index (χ0n) is 28.8. The molecule has 0 bridgehead atoms. The molecule has 4 nitrogen and oxygen atoms in total. The van der Waals surface area contributed by atoms with Crippen LogP contribution in [0.2, 0.25) is 0 Å². The lowest BCUT2D eigenvalue weighted by molar-refractivity contribution is 0.102. The quantitative estimate of drug-likeness (QED) is 0.217. The molecule has 0 atom stereocenters. The molecule has 4 aromatic rings. The molecule has 0 fully saturated rings. The number of benzene rings is 4. The fraction of sp³-hybridized carbons (Fsp3) is 0.400. The highest BCUT2D eigenvalue weighted by molar-refractivity contribution is 5.92. The topological polar surface area (TPSA) is 46.3 Å². The van der Waals surface area contributed by atoms with E-state index in [1.807, 2.05) is 65.8 Å². The van der Waals surface area contributed by atoms with Gasteiger partial charge in [0.15, 0.2) is 0 Å². The van der Waals surface area contributed by atoms with Crippen LogP contribution in [0.25, 0.3) is 33.4 Å². The molecule has 4 aromatic carbocycles. The third-order valence-corrected chi connectivity index (χ3v) is 8.11. The van der Waals surface area contributed by atoms with E-state index in [1.165, 1.54) is 11.1 Å². The van der Waals surface area contributed by atoms with Crippen LogP contribution in [-0.2, 0) is 21.2 Å². The summed E-state index contributed by atoms with van der Waals surface area (Å²) in [6, 6.07) is 29.5. The largest absolute Gasteiger partial charge is 0.215 e. The van der Waals surface area contributed by atoms with Gasteiger partial charge >= 0.3 is 0 Å². The summed E-state index contributed by atoms with van der Waals surface area (Å²) in [5.74, 6) is 0. The molecule has 0 aliphatic heterocycles. The summed E-state index contributed by atoms with van der Waals surface area (Å²) in [5.41, 5.74) is 9.30. The van der Waals surface area contributed by atoms with Crippen molar-refractivity contribution < 1.29 is 10.4 Å². The minimum absolute atomic E-state index is 0.0305. The van der Waals surface area contributed by atoms with E-state index in [4.69, 9.17) is 0 Å². The Morgan fingerprint density at radius 1 is 0.386 bits per heavy atom. The number of anilines is 2. The summed E-state index contributed by atoms with van der Waals surface area (Å²) in [5, 5.41) is 28.0. The van der Waals surface area contributed by atoms with E-state index < -0.39 is 11.1 Å².